The molecule has 1 rings (SSSR count). The molecule has 0 aliphatic rings. The topological polar surface area (TPSA) is 66.4 Å². The average molecular weight is 393 g/mol. The third-order valence-electron chi connectivity index (χ3n) is 4.29. The number of ether oxygens (including phenoxy) is 2. The Bertz CT molecular complexity index is 630. The van der Waals surface area contributed by atoms with Crippen molar-refractivity contribution in [2.75, 3.05) is 46.9 Å². The van der Waals surface area contributed by atoms with Gasteiger partial charge in [-0.25, -0.2) is 4.99 Å². The van der Waals surface area contributed by atoms with Gasteiger partial charge in [-0.1, -0.05) is 13.0 Å². The number of carbonyl (C=O) groups is 1. The molecule has 28 heavy (non-hydrogen) atoms. The predicted molar refractivity (Wildman–Crippen MR) is 114 cm³/mol. The highest BCUT2D eigenvalue weighted by Crippen LogP contribution is 2.28. The summed E-state index contributed by atoms with van der Waals surface area (Å²) in [6.07, 6.45) is 0.944. The van der Waals surface area contributed by atoms with Crippen LogP contribution < -0.4 is 14.8 Å². The van der Waals surface area contributed by atoms with Gasteiger partial charge in [0.25, 0.3) is 0 Å². The number of amides is 1. The second-order valence-electron chi connectivity index (χ2n) is 6.43. The number of methoxy groups -OCH3 is 1. The molecule has 7 heteroatoms. The Morgan fingerprint density at radius 2 is 1.86 bits per heavy atom. The Labute approximate surface area is 169 Å². The van der Waals surface area contributed by atoms with Crippen LogP contribution in [0.4, 0.5) is 0 Å². The van der Waals surface area contributed by atoms with Gasteiger partial charge in [-0.2, -0.15) is 0 Å². The van der Waals surface area contributed by atoms with Crippen LogP contribution in [0.25, 0.3) is 0 Å². The van der Waals surface area contributed by atoms with Crippen LogP contribution in [0, 0.1) is 0 Å². The zero-order chi connectivity index (χ0) is 20.9. The van der Waals surface area contributed by atoms with Gasteiger partial charge >= 0.3 is 0 Å². The lowest BCUT2D eigenvalue weighted by Gasteiger charge is -2.25. The van der Waals surface area contributed by atoms with Crippen molar-refractivity contribution < 1.29 is 14.3 Å². The monoisotopic (exact) mass is 392 g/mol. The highest BCUT2D eigenvalue weighted by molar-refractivity contribution is 5.86. The number of rotatable bonds is 11. The molecule has 7 nitrogen and oxygen atoms in total. The zero-order valence-electron chi connectivity index (χ0n) is 18.2. The van der Waals surface area contributed by atoms with Gasteiger partial charge in [0.2, 0.25) is 5.91 Å². The number of guanidine groups is 1. The van der Waals surface area contributed by atoms with E-state index in [1.807, 2.05) is 55.8 Å². The first-order valence-corrected chi connectivity index (χ1v) is 10.1. The first-order chi connectivity index (χ1) is 13.5. The lowest BCUT2D eigenvalue weighted by molar-refractivity contribution is -0.131. The molecule has 0 fully saturated rings. The molecule has 0 bridgehead atoms. The van der Waals surface area contributed by atoms with E-state index in [0.29, 0.717) is 44.5 Å². The number of likely N-dealkylation sites (N-methyl/N-ethyl adjacent to an activating group) is 2. The van der Waals surface area contributed by atoms with Gasteiger partial charge in [-0.3, -0.25) is 4.79 Å². The molecule has 1 N–H and O–H groups in total. The molecular formula is C21H36N4O3. The summed E-state index contributed by atoms with van der Waals surface area (Å²) in [5.41, 5.74) is 1.01. The van der Waals surface area contributed by atoms with Gasteiger partial charge in [0.1, 0.15) is 0 Å². The fourth-order valence-electron chi connectivity index (χ4n) is 2.73. The number of aliphatic imine (C=N–C) groups is 1. The van der Waals surface area contributed by atoms with Crippen molar-refractivity contribution in [1.29, 1.82) is 0 Å². The van der Waals surface area contributed by atoms with Crippen molar-refractivity contribution in [1.82, 2.24) is 15.1 Å². The fraction of sp³-hybridized carbons (Fsp3) is 0.619. The molecule has 0 aromatic heterocycles. The minimum Gasteiger partial charge on any atom is -0.493 e. The Kier molecular flexibility index (Phi) is 10.8. The highest BCUT2D eigenvalue weighted by atomic mass is 16.5. The van der Waals surface area contributed by atoms with E-state index in [1.54, 1.807) is 7.11 Å². The van der Waals surface area contributed by atoms with Crippen LogP contribution in [0.15, 0.2) is 23.2 Å². The maximum atomic E-state index is 12.4. The molecule has 0 heterocycles. The van der Waals surface area contributed by atoms with Gasteiger partial charge in [0, 0.05) is 26.7 Å². The molecule has 0 unspecified atom stereocenters. The van der Waals surface area contributed by atoms with Crippen molar-refractivity contribution in [2.45, 2.75) is 40.7 Å². The molecule has 0 radical (unpaired) electrons. The van der Waals surface area contributed by atoms with Crippen molar-refractivity contribution in [3.05, 3.63) is 23.8 Å². The number of hydrogen-bond acceptors (Lipinski definition) is 4. The van der Waals surface area contributed by atoms with Crippen LogP contribution in [0.2, 0.25) is 0 Å². The predicted octanol–water partition coefficient (Wildman–Crippen LogP) is 2.75. The van der Waals surface area contributed by atoms with E-state index in [1.165, 1.54) is 0 Å². The van der Waals surface area contributed by atoms with E-state index in [9.17, 15) is 4.79 Å². The van der Waals surface area contributed by atoms with Crippen LogP contribution in [0.3, 0.4) is 0 Å². The van der Waals surface area contributed by atoms with Crippen LogP contribution in [-0.4, -0.2) is 68.6 Å². The first kappa shape index (κ1) is 23.6. The Hall–Kier alpha value is -2.44. The first-order valence-electron chi connectivity index (χ1n) is 10.1. The molecule has 0 aliphatic carbocycles. The van der Waals surface area contributed by atoms with Crippen LogP contribution in [-0.2, 0) is 11.3 Å². The van der Waals surface area contributed by atoms with Crippen molar-refractivity contribution in [3.63, 3.8) is 0 Å². The van der Waals surface area contributed by atoms with E-state index in [4.69, 9.17) is 9.47 Å². The molecule has 0 spiro atoms. The lowest BCUT2D eigenvalue weighted by Crippen LogP contribution is -2.45. The maximum absolute atomic E-state index is 12.4. The van der Waals surface area contributed by atoms with E-state index in [0.717, 1.165) is 24.3 Å². The second-order valence-corrected chi connectivity index (χ2v) is 6.43. The normalized spacial score (nSPS) is 11.1. The molecule has 0 aliphatic heterocycles. The zero-order valence-corrected chi connectivity index (χ0v) is 18.2. The number of nitrogens with one attached hydrogen (secondary N) is 1. The minimum atomic E-state index is 0.0946. The number of benzene rings is 1. The number of nitrogens with zero attached hydrogens (tertiary/aromatic N) is 3. The molecule has 0 saturated heterocycles. The molecule has 0 atom stereocenters. The molecule has 158 valence electrons. The van der Waals surface area contributed by atoms with E-state index in [-0.39, 0.29) is 5.91 Å². The Morgan fingerprint density at radius 3 is 2.43 bits per heavy atom. The van der Waals surface area contributed by atoms with Crippen LogP contribution in [0.5, 0.6) is 11.5 Å². The fourth-order valence-corrected chi connectivity index (χ4v) is 2.73. The van der Waals surface area contributed by atoms with E-state index >= 15 is 0 Å². The summed E-state index contributed by atoms with van der Waals surface area (Å²) in [5.74, 6) is 2.24. The van der Waals surface area contributed by atoms with Crippen molar-refractivity contribution >= 4 is 11.9 Å². The maximum Gasteiger partial charge on any atom is 0.242 e. The summed E-state index contributed by atoms with van der Waals surface area (Å²) in [7, 11) is 3.52. The van der Waals surface area contributed by atoms with Gasteiger partial charge in [0.05, 0.1) is 26.8 Å². The molecule has 1 aromatic carbocycles. The summed E-state index contributed by atoms with van der Waals surface area (Å²) in [6, 6.07) is 5.85. The molecule has 0 saturated carbocycles. The Morgan fingerprint density at radius 1 is 1.14 bits per heavy atom. The number of carbonyl (C=O) groups excluding carboxylic acids is 1. The second kappa shape index (κ2) is 12.9. The van der Waals surface area contributed by atoms with Gasteiger partial charge < -0.3 is 24.6 Å². The van der Waals surface area contributed by atoms with Gasteiger partial charge in [-0.05, 0) is 44.9 Å². The highest BCUT2D eigenvalue weighted by Gasteiger charge is 2.15. The number of hydrogen-bond donors (Lipinski definition) is 1. The largest absolute Gasteiger partial charge is 0.493 e. The van der Waals surface area contributed by atoms with Gasteiger partial charge in [-0.15, -0.1) is 0 Å². The lowest BCUT2D eigenvalue weighted by atomic mass is 10.2. The van der Waals surface area contributed by atoms with Crippen molar-refractivity contribution in [3.8, 4) is 11.5 Å². The van der Waals surface area contributed by atoms with Crippen LogP contribution in [0.1, 0.15) is 39.7 Å². The summed E-state index contributed by atoms with van der Waals surface area (Å²) in [6.45, 7) is 11.6. The van der Waals surface area contributed by atoms with Crippen LogP contribution >= 0.6 is 0 Å². The SMILES string of the molecule is CCCOc1ccc(CN=C(NCC)N(C)CC(=O)N(CC)CC)cc1OC. The smallest absolute Gasteiger partial charge is 0.242 e. The molecular weight excluding hydrogens is 356 g/mol. The van der Waals surface area contributed by atoms with Gasteiger partial charge in [0.15, 0.2) is 17.5 Å². The summed E-state index contributed by atoms with van der Waals surface area (Å²) >= 11 is 0. The summed E-state index contributed by atoms with van der Waals surface area (Å²) in [4.78, 5) is 20.7. The van der Waals surface area contributed by atoms with E-state index in [2.05, 4.69) is 17.2 Å². The molecule has 1 aromatic rings. The Balaban J connectivity index is 2.87. The molecule has 1 amide bonds. The average Bonchev–Trinajstić information content (AvgIpc) is 2.70. The standard InChI is InChI=1S/C21H36N4O3/c1-7-13-28-18-12-11-17(14-19(18)27-6)15-23-21(22-8-2)24(5)16-20(26)25(9-3)10-4/h11-12,14H,7-10,13,15-16H2,1-6H3,(H,22,23). The quantitative estimate of drug-likeness (QED) is 0.463. The van der Waals surface area contributed by atoms with E-state index < -0.39 is 0 Å². The third-order valence-corrected chi connectivity index (χ3v) is 4.29. The minimum absolute atomic E-state index is 0.0946. The summed E-state index contributed by atoms with van der Waals surface area (Å²) < 4.78 is 11.1. The van der Waals surface area contributed by atoms with Crippen molar-refractivity contribution in [2.24, 2.45) is 4.99 Å². The summed E-state index contributed by atoms with van der Waals surface area (Å²) in [5, 5.41) is 3.25. The third kappa shape index (κ3) is 7.29.